The smallest absolute Gasteiger partial charge is 0.159 e. The summed E-state index contributed by atoms with van der Waals surface area (Å²) >= 11 is 0. The Kier molecular flexibility index (Phi) is 3.01. The van der Waals surface area contributed by atoms with Crippen molar-refractivity contribution >= 4 is 11.0 Å². The van der Waals surface area contributed by atoms with E-state index in [1.165, 1.54) is 17.2 Å². The Morgan fingerprint density at radius 1 is 1.00 bits per heavy atom. The second-order valence-electron chi connectivity index (χ2n) is 5.05. The van der Waals surface area contributed by atoms with Gasteiger partial charge in [0.1, 0.15) is 0 Å². The van der Waals surface area contributed by atoms with Crippen LogP contribution in [0.2, 0.25) is 0 Å². The van der Waals surface area contributed by atoms with E-state index in [1.807, 2.05) is 24.5 Å². The number of aromatic nitrogens is 2. The predicted molar refractivity (Wildman–Crippen MR) is 74.7 cm³/mol. The first-order chi connectivity index (χ1) is 9.54. The van der Waals surface area contributed by atoms with E-state index in [-0.39, 0.29) is 0 Å². The highest BCUT2D eigenvalue weighted by molar-refractivity contribution is 5.77. The molecule has 0 aliphatic heterocycles. The van der Waals surface area contributed by atoms with Gasteiger partial charge in [-0.15, -0.1) is 0 Å². The van der Waals surface area contributed by atoms with Crippen LogP contribution in [0.5, 0.6) is 0 Å². The minimum absolute atomic E-state index is 0.468. The third-order valence-electron chi connectivity index (χ3n) is 3.57. The SMILES string of the molecule is Cc1cc2ncn(Cc3ccc(F)c(F)c3)c2cc1C. The van der Waals surface area contributed by atoms with Crippen molar-refractivity contribution in [2.45, 2.75) is 20.4 Å². The molecule has 2 nitrogen and oxygen atoms in total. The van der Waals surface area contributed by atoms with Gasteiger partial charge >= 0.3 is 0 Å². The normalized spacial score (nSPS) is 11.2. The summed E-state index contributed by atoms with van der Waals surface area (Å²) in [6.07, 6.45) is 1.73. The summed E-state index contributed by atoms with van der Waals surface area (Å²) in [7, 11) is 0. The molecule has 0 N–H and O–H groups in total. The molecule has 3 rings (SSSR count). The van der Waals surface area contributed by atoms with Crippen LogP contribution in [0.25, 0.3) is 11.0 Å². The van der Waals surface area contributed by atoms with Crippen molar-refractivity contribution in [3.05, 3.63) is 65.0 Å². The summed E-state index contributed by atoms with van der Waals surface area (Å²) in [5.74, 6) is -1.64. The monoisotopic (exact) mass is 272 g/mol. The predicted octanol–water partition coefficient (Wildman–Crippen LogP) is 3.98. The van der Waals surface area contributed by atoms with E-state index in [4.69, 9.17) is 0 Å². The highest BCUT2D eigenvalue weighted by Crippen LogP contribution is 2.20. The van der Waals surface area contributed by atoms with Crippen LogP contribution in [-0.2, 0) is 6.54 Å². The van der Waals surface area contributed by atoms with Crippen molar-refractivity contribution in [3.63, 3.8) is 0 Å². The lowest BCUT2D eigenvalue weighted by Gasteiger charge is -2.07. The number of rotatable bonds is 2. The minimum atomic E-state index is -0.823. The Labute approximate surface area is 115 Å². The second kappa shape index (κ2) is 4.71. The first-order valence-electron chi connectivity index (χ1n) is 6.40. The van der Waals surface area contributed by atoms with Gasteiger partial charge in [0.05, 0.1) is 17.4 Å². The molecule has 0 bridgehead atoms. The van der Waals surface area contributed by atoms with Crippen molar-refractivity contribution < 1.29 is 8.78 Å². The number of benzene rings is 2. The Morgan fingerprint density at radius 3 is 2.50 bits per heavy atom. The molecule has 0 radical (unpaired) electrons. The van der Waals surface area contributed by atoms with E-state index in [0.717, 1.165) is 17.1 Å². The number of imidazole rings is 1. The van der Waals surface area contributed by atoms with E-state index in [9.17, 15) is 8.78 Å². The van der Waals surface area contributed by atoms with Crippen molar-refractivity contribution in [1.29, 1.82) is 0 Å². The van der Waals surface area contributed by atoms with Crippen LogP contribution in [0.3, 0.4) is 0 Å². The molecule has 0 spiro atoms. The van der Waals surface area contributed by atoms with E-state index in [2.05, 4.69) is 11.1 Å². The summed E-state index contributed by atoms with van der Waals surface area (Å²) < 4.78 is 28.1. The number of halogens is 2. The zero-order chi connectivity index (χ0) is 14.3. The molecule has 20 heavy (non-hydrogen) atoms. The first-order valence-corrected chi connectivity index (χ1v) is 6.40. The number of nitrogens with zero attached hydrogens (tertiary/aromatic N) is 2. The summed E-state index contributed by atoms with van der Waals surface area (Å²) in [5.41, 5.74) is 5.00. The highest BCUT2D eigenvalue weighted by Gasteiger charge is 2.07. The van der Waals surface area contributed by atoms with E-state index in [0.29, 0.717) is 12.1 Å². The Balaban J connectivity index is 2.02. The van der Waals surface area contributed by atoms with Crippen molar-refractivity contribution in [2.75, 3.05) is 0 Å². The third kappa shape index (κ3) is 2.18. The summed E-state index contributed by atoms with van der Waals surface area (Å²) in [4.78, 5) is 4.35. The second-order valence-corrected chi connectivity index (χ2v) is 5.05. The molecule has 4 heteroatoms. The Hall–Kier alpha value is -2.23. The first kappa shape index (κ1) is 12.8. The molecule has 0 saturated carbocycles. The van der Waals surface area contributed by atoms with Crippen LogP contribution in [0.4, 0.5) is 8.78 Å². The number of hydrogen-bond acceptors (Lipinski definition) is 1. The van der Waals surface area contributed by atoms with Crippen LogP contribution < -0.4 is 0 Å². The van der Waals surface area contributed by atoms with Gasteiger partial charge < -0.3 is 4.57 Å². The van der Waals surface area contributed by atoms with Gasteiger partial charge in [0.15, 0.2) is 11.6 Å². The molecule has 0 fully saturated rings. The lowest BCUT2D eigenvalue weighted by atomic mass is 10.1. The standard InChI is InChI=1S/C16H14F2N2/c1-10-5-15-16(6-11(10)2)20(9-19-15)8-12-3-4-13(17)14(18)7-12/h3-7,9H,8H2,1-2H3. The summed E-state index contributed by atoms with van der Waals surface area (Å²) in [6, 6.07) is 8.07. The number of fused-ring (bicyclic) bond motifs is 1. The van der Waals surface area contributed by atoms with Crippen molar-refractivity contribution in [3.8, 4) is 0 Å². The molecule has 3 aromatic rings. The number of aryl methyl sites for hydroxylation is 2. The molecular weight excluding hydrogens is 258 g/mol. The van der Waals surface area contributed by atoms with Gasteiger partial charge in [-0.05, 0) is 54.8 Å². The van der Waals surface area contributed by atoms with Gasteiger partial charge in [-0.1, -0.05) is 6.07 Å². The molecule has 0 aliphatic carbocycles. The van der Waals surface area contributed by atoms with Crippen molar-refractivity contribution in [2.24, 2.45) is 0 Å². The average Bonchev–Trinajstić information content (AvgIpc) is 2.77. The fourth-order valence-corrected chi connectivity index (χ4v) is 2.27. The van der Waals surface area contributed by atoms with E-state index < -0.39 is 11.6 Å². The third-order valence-corrected chi connectivity index (χ3v) is 3.57. The molecule has 0 atom stereocenters. The molecule has 0 amide bonds. The molecule has 0 aliphatic rings. The summed E-state index contributed by atoms with van der Waals surface area (Å²) in [5, 5.41) is 0. The topological polar surface area (TPSA) is 17.8 Å². The lowest BCUT2D eigenvalue weighted by Crippen LogP contribution is -1.99. The van der Waals surface area contributed by atoms with Crippen LogP contribution in [0.15, 0.2) is 36.7 Å². The largest absolute Gasteiger partial charge is 0.326 e. The minimum Gasteiger partial charge on any atom is -0.326 e. The van der Waals surface area contributed by atoms with E-state index >= 15 is 0 Å². The maximum absolute atomic E-state index is 13.2. The fourth-order valence-electron chi connectivity index (χ4n) is 2.27. The molecule has 2 aromatic carbocycles. The Morgan fingerprint density at radius 2 is 1.75 bits per heavy atom. The quantitative estimate of drug-likeness (QED) is 0.690. The van der Waals surface area contributed by atoms with Gasteiger partial charge in [-0.25, -0.2) is 13.8 Å². The fraction of sp³-hybridized carbons (Fsp3) is 0.188. The maximum atomic E-state index is 13.2. The van der Waals surface area contributed by atoms with Crippen molar-refractivity contribution in [1.82, 2.24) is 9.55 Å². The van der Waals surface area contributed by atoms with Crippen LogP contribution in [0, 0.1) is 25.5 Å². The van der Waals surface area contributed by atoms with Crippen LogP contribution in [0.1, 0.15) is 16.7 Å². The molecule has 1 aromatic heterocycles. The number of hydrogen-bond donors (Lipinski definition) is 0. The molecular formula is C16H14F2N2. The zero-order valence-electron chi connectivity index (χ0n) is 11.3. The molecule has 102 valence electrons. The van der Waals surface area contributed by atoms with Gasteiger partial charge in [0.25, 0.3) is 0 Å². The summed E-state index contributed by atoms with van der Waals surface area (Å²) in [6.45, 7) is 4.56. The van der Waals surface area contributed by atoms with Gasteiger partial charge in [-0.2, -0.15) is 0 Å². The van der Waals surface area contributed by atoms with Gasteiger partial charge in [0, 0.05) is 6.54 Å². The molecule has 0 saturated heterocycles. The molecule has 0 unspecified atom stereocenters. The van der Waals surface area contributed by atoms with E-state index in [1.54, 1.807) is 12.4 Å². The Bertz CT molecular complexity index is 791. The van der Waals surface area contributed by atoms with Gasteiger partial charge in [0.2, 0.25) is 0 Å². The lowest BCUT2D eigenvalue weighted by molar-refractivity contribution is 0.506. The average molecular weight is 272 g/mol. The highest BCUT2D eigenvalue weighted by atomic mass is 19.2. The van der Waals surface area contributed by atoms with Gasteiger partial charge in [-0.3, -0.25) is 0 Å². The zero-order valence-corrected chi connectivity index (χ0v) is 11.3. The maximum Gasteiger partial charge on any atom is 0.159 e. The molecule has 1 heterocycles. The van der Waals surface area contributed by atoms with Crippen LogP contribution >= 0.6 is 0 Å². The van der Waals surface area contributed by atoms with Crippen LogP contribution in [-0.4, -0.2) is 9.55 Å².